The first-order valence-electron chi connectivity index (χ1n) is 7.88. The zero-order chi connectivity index (χ0) is 18.0. The molecule has 0 spiro atoms. The van der Waals surface area contributed by atoms with Crippen molar-refractivity contribution in [2.24, 2.45) is 0 Å². The minimum atomic E-state index is -0.194. The summed E-state index contributed by atoms with van der Waals surface area (Å²) in [6, 6.07) is 11.2. The van der Waals surface area contributed by atoms with Gasteiger partial charge in [0.2, 0.25) is 0 Å². The number of benzene rings is 1. The lowest BCUT2D eigenvalue weighted by Crippen LogP contribution is -2.26. The van der Waals surface area contributed by atoms with Crippen LogP contribution in [-0.4, -0.2) is 26.0 Å². The molecular formula is C18H19N5OS. The summed E-state index contributed by atoms with van der Waals surface area (Å²) in [6.45, 7) is 3.83. The molecule has 2 heterocycles. The predicted molar refractivity (Wildman–Crippen MR) is 102 cm³/mol. The maximum absolute atomic E-state index is 12.9. The molecule has 0 radical (unpaired) electrons. The van der Waals surface area contributed by atoms with Crippen LogP contribution in [0.15, 0.2) is 52.4 Å². The summed E-state index contributed by atoms with van der Waals surface area (Å²) in [6.07, 6.45) is 3.49. The van der Waals surface area contributed by atoms with Crippen molar-refractivity contribution in [3.63, 3.8) is 0 Å². The molecule has 3 aromatic rings. The van der Waals surface area contributed by atoms with E-state index in [0.29, 0.717) is 27.8 Å². The first-order valence-corrected chi connectivity index (χ1v) is 9.10. The Balaban J connectivity index is 2.32. The van der Waals surface area contributed by atoms with E-state index in [1.807, 2.05) is 50.4 Å². The van der Waals surface area contributed by atoms with Gasteiger partial charge in [0.25, 0.3) is 5.56 Å². The van der Waals surface area contributed by atoms with Gasteiger partial charge in [-0.3, -0.25) is 4.79 Å². The number of rotatable bonds is 4. The molecule has 2 aromatic heterocycles. The Labute approximate surface area is 150 Å². The molecule has 0 amide bonds. The van der Waals surface area contributed by atoms with Crippen molar-refractivity contribution in [1.82, 2.24) is 19.7 Å². The van der Waals surface area contributed by atoms with Gasteiger partial charge in [-0.1, -0.05) is 30.3 Å². The van der Waals surface area contributed by atoms with Gasteiger partial charge in [-0.2, -0.15) is 5.10 Å². The standard InChI is InChI=1S/C18H19N5OS/c1-11(2)23-18(24)13(9-10-20-23)15-14(12-7-5-4-6-8-12)21-16(19)17(22-15)25-3/h4-11H,1-3H3,(H2,19,21). The van der Waals surface area contributed by atoms with Gasteiger partial charge in [0.1, 0.15) is 10.7 Å². The summed E-state index contributed by atoms with van der Waals surface area (Å²) < 4.78 is 1.45. The molecule has 1 aromatic carbocycles. The van der Waals surface area contributed by atoms with Crippen LogP contribution in [0.2, 0.25) is 0 Å². The van der Waals surface area contributed by atoms with Gasteiger partial charge in [-0.15, -0.1) is 11.8 Å². The summed E-state index contributed by atoms with van der Waals surface area (Å²) in [5.74, 6) is 0.355. The van der Waals surface area contributed by atoms with E-state index in [2.05, 4.69) is 15.1 Å². The summed E-state index contributed by atoms with van der Waals surface area (Å²) in [5, 5.41) is 4.75. The van der Waals surface area contributed by atoms with Crippen molar-refractivity contribution in [3.8, 4) is 22.5 Å². The topological polar surface area (TPSA) is 86.7 Å². The van der Waals surface area contributed by atoms with Gasteiger partial charge >= 0.3 is 0 Å². The van der Waals surface area contributed by atoms with Gasteiger partial charge in [0, 0.05) is 11.8 Å². The van der Waals surface area contributed by atoms with Crippen molar-refractivity contribution < 1.29 is 0 Å². The van der Waals surface area contributed by atoms with Crippen LogP contribution in [0.4, 0.5) is 5.82 Å². The molecule has 2 N–H and O–H groups in total. The van der Waals surface area contributed by atoms with Gasteiger partial charge in [-0.05, 0) is 26.2 Å². The van der Waals surface area contributed by atoms with Gasteiger partial charge in [-0.25, -0.2) is 14.6 Å². The largest absolute Gasteiger partial charge is 0.381 e. The molecule has 0 fully saturated rings. The highest BCUT2D eigenvalue weighted by Gasteiger charge is 2.19. The van der Waals surface area contributed by atoms with Crippen molar-refractivity contribution >= 4 is 17.6 Å². The molecule has 0 unspecified atom stereocenters. The lowest BCUT2D eigenvalue weighted by atomic mass is 10.1. The maximum Gasteiger partial charge on any atom is 0.276 e. The molecule has 0 saturated heterocycles. The first kappa shape index (κ1) is 17.2. The predicted octanol–water partition coefficient (Wildman–Crippen LogP) is 3.25. The van der Waals surface area contributed by atoms with Gasteiger partial charge < -0.3 is 5.73 Å². The van der Waals surface area contributed by atoms with Crippen LogP contribution in [0.5, 0.6) is 0 Å². The van der Waals surface area contributed by atoms with Gasteiger partial charge in [0.05, 0.1) is 17.3 Å². The van der Waals surface area contributed by atoms with E-state index in [0.717, 1.165) is 5.56 Å². The van der Waals surface area contributed by atoms with Crippen LogP contribution >= 0.6 is 11.8 Å². The lowest BCUT2D eigenvalue weighted by molar-refractivity contribution is 0.503. The number of thioether (sulfide) groups is 1. The zero-order valence-corrected chi connectivity index (χ0v) is 15.1. The summed E-state index contributed by atoms with van der Waals surface area (Å²) >= 11 is 1.40. The van der Waals surface area contributed by atoms with E-state index in [4.69, 9.17) is 5.73 Å². The molecule has 0 aliphatic carbocycles. The number of anilines is 1. The first-order chi connectivity index (χ1) is 12.0. The van der Waals surface area contributed by atoms with Crippen molar-refractivity contribution in [2.75, 3.05) is 12.0 Å². The highest BCUT2D eigenvalue weighted by Crippen LogP contribution is 2.31. The molecule has 0 saturated carbocycles. The monoisotopic (exact) mass is 353 g/mol. The van der Waals surface area contributed by atoms with Crippen LogP contribution in [0.25, 0.3) is 22.5 Å². The highest BCUT2D eigenvalue weighted by atomic mass is 32.2. The van der Waals surface area contributed by atoms with Crippen LogP contribution in [-0.2, 0) is 0 Å². The van der Waals surface area contributed by atoms with Crippen LogP contribution in [0, 0.1) is 0 Å². The molecular weight excluding hydrogens is 334 g/mol. The fourth-order valence-electron chi connectivity index (χ4n) is 2.54. The third kappa shape index (κ3) is 3.28. The summed E-state index contributed by atoms with van der Waals surface area (Å²) in [5.41, 5.74) is 8.28. The van der Waals surface area contributed by atoms with Crippen LogP contribution in [0.1, 0.15) is 19.9 Å². The average Bonchev–Trinajstić information content (AvgIpc) is 2.62. The number of hydrogen-bond donors (Lipinski definition) is 1. The zero-order valence-electron chi connectivity index (χ0n) is 14.3. The molecule has 7 heteroatoms. The molecule has 0 atom stereocenters. The smallest absolute Gasteiger partial charge is 0.276 e. The number of hydrogen-bond acceptors (Lipinski definition) is 6. The SMILES string of the molecule is CSc1nc(-c2ccnn(C(C)C)c2=O)c(-c2ccccc2)nc1N. The third-order valence-corrected chi connectivity index (χ3v) is 4.43. The number of nitrogens with two attached hydrogens (primary N) is 1. The minimum absolute atomic E-state index is 0.0469. The second kappa shape index (κ2) is 7.06. The lowest BCUT2D eigenvalue weighted by Gasteiger charge is -2.13. The average molecular weight is 353 g/mol. The van der Waals surface area contributed by atoms with Crippen molar-refractivity contribution in [3.05, 3.63) is 52.9 Å². The van der Waals surface area contributed by atoms with Crippen molar-refractivity contribution in [1.29, 1.82) is 0 Å². The quantitative estimate of drug-likeness (QED) is 0.725. The van der Waals surface area contributed by atoms with Gasteiger partial charge in [0.15, 0.2) is 5.82 Å². The Kier molecular flexibility index (Phi) is 4.85. The fraction of sp³-hybridized carbons (Fsp3) is 0.222. The van der Waals surface area contributed by atoms with E-state index in [9.17, 15) is 4.79 Å². The molecule has 128 valence electrons. The molecule has 25 heavy (non-hydrogen) atoms. The molecule has 0 aliphatic heterocycles. The Bertz CT molecular complexity index is 953. The third-order valence-electron chi connectivity index (χ3n) is 3.74. The van der Waals surface area contributed by atoms with Crippen LogP contribution < -0.4 is 11.3 Å². The summed E-state index contributed by atoms with van der Waals surface area (Å²) in [4.78, 5) is 22.0. The Hall–Kier alpha value is -2.67. The van der Waals surface area contributed by atoms with E-state index >= 15 is 0 Å². The Morgan fingerprint density at radius 3 is 2.44 bits per heavy atom. The normalized spacial score (nSPS) is 11.0. The fourth-order valence-corrected chi connectivity index (χ4v) is 2.98. The maximum atomic E-state index is 12.9. The molecule has 0 bridgehead atoms. The number of nitrogens with zero attached hydrogens (tertiary/aromatic N) is 4. The second-order valence-corrected chi connectivity index (χ2v) is 6.56. The summed E-state index contributed by atoms with van der Waals surface area (Å²) in [7, 11) is 0. The molecule has 0 aliphatic rings. The van der Waals surface area contributed by atoms with E-state index < -0.39 is 0 Å². The van der Waals surface area contributed by atoms with E-state index in [-0.39, 0.29) is 11.6 Å². The second-order valence-electron chi connectivity index (χ2n) is 5.77. The number of aromatic nitrogens is 4. The van der Waals surface area contributed by atoms with E-state index in [1.165, 1.54) is 16.4 Å². The Morgan fingerprint density at radius 2 is 1.80 bits per heavy atom. The van der Waals surface area contributed by atoms with Crippen LogP contribution in [0.3, 0.4) is 0 Å². The van der Waals surface area contributed by atoms with Crippen molar-refractivity contribution in [2.45, 2.75) is 24.9 Å². The molecule has 6 nitrogen and oxygen atoms in total. The van der Waals surface area contributed by atoms with E-state index in [1.54, 1.807) is 12.3 Å². The minimum Gasteiger partial charge on any atom is -0.381 e. The number of nitrogen functional groups attached to an aromatic ring is 1. The Morgan fingerprint density at radius 1 is 1.08 bits per heavy atom. The highest BCUT2D eigenvalue weighted by molar-refractivity contribution is 7.98. The molecule has 3 rings (SSSR count).